The Labute approximate surface area is 172 Å². The predicted octanol–water partition coefficient (Wildman–Crippen LogP) is 2.67. The van der Waals surface area contributed by atoms with Crippen LogP contribution in [0.25, 0.3) is 0 Å². The number of nitrogens with one attached hydrogen (secondary N) is 2. The van der Waals surface area contributed by atoms with Crippen LogP contribution in [0.5, 0.6) is 0 Å². The molecule has 2 N–H and O–H groups in total. The first-order valence-corrected chi connectivity index (χ1v) is 10.4. The molecule has 0 unspecified atom stereocenters. The lowest BCUT2D eigenvalue weighted by Gasteiger charge is -2.43. The maximum atomic E-state index is 13.2. The van der Waals surface area contributed by atoms with Gasteiger partial charge in [0.15, 0.2) is 0 Å². The zero-order valence-corrected chi connectivity index (χ0v) is 18.0. The lowest BCUT2D eigenvalue weighted by atomic mass is 9.97. The second-order valence-corrected chi connectivity index (χ2v) is 8.82. The van der Waals surface area contributed by atoms with Gasteiger partial charge in [-0.3, -0.25) is 9.59 Å². The van der Waals surface area contributed by atoms with Gasteiger partial charge in [-0.2, -0.15) is 0 Å². The minimum Gasteiger partial charge on any atom is -0.352 e. The summed E-state index contributed by atoms with van der Waals surface area (Å²) >= 11 is 0. The van der Waals surface area contributed by atoms with E-state index >= 15 is 0 Å². The monoisotopic (exact) mass is 400 g/mol. The molecule has 0 spiro atoms. The summed E-state index contributed by atoms with van der Waals surface area (Å²) in [6.07, 6.45) is 1.29. The standard InChI is InChI=1S/C22H32N4O3/c1-13(2)8-20-21(28)25-11-17(23-16(5)27)10-18(25)12-26(20)22(29)24-19-7-6-14(3)9-15(19)4/h6-7,9,13,17-18,20H,8,10-12H2,1-5H3,(H,23,27)(H,24,29)/t17-,18-,20-/m0/s1. The van der Waals surface area contributed by atoms with Gasteiger partial charge in [0.1, 0.15) is 6.04 Å². The van der Waals surface area contributed by atoms with E-state index < -0.39 is 6.04 Å². The highest BCUT2D eigenvalue weighted by atomic mass is 16.2. The first-order chi connectivity index (χ1) is 13.7. The van der Waals surface area contributed by atoms with E-state index in [1.807, 2.05) is 36.9 Å². The number of urea groups is 1. The average molecular weight is 401 g/mol. The number of rotatable bonds is 4. The van der Waals surface area contributed by atoms with E-state index in [1.54, 1.807) is 4.90 Å². The third-order valence-corrected chi connectivity index (χ3v) is 5.75. The van der Waals surface area contributed by atoms with Crippen LogP contribution in [-0.2, 0) is 9.59 Å². The minimum absolute atomic E-state index is 0.0152. The third kappa shape index (κ3) is 4.71. The van der Waals surface area contributed by atoms with Gasteiger partial charge in [0.2, 0.25) is 11.8 Å². The number of hydrogen-bond acceptors (Lipinski definition) is 3. The molecule has 158 valence electrons. The molecule has 1 aromatic carbocycles. The number of piperazine rings is 1. The van der Waals surface area contributed by atoms with E-state index in [9.17, 15) is 14.4 Å². The molecular weight excluding hydrogens is 368 g/mol. The van der Waals surface area contributed by atoms with Gasteiger partial charge >= 0.3 is 6.03 Å². The van der Waals surface area contributed by atoms with Crippen molar-refractivity contribution < 1.29 is 14.4 Å². The largest absolute Gasteiger partial charge is 0.352 e. The number of carbonyl (C=O) groups is 3. The van der Waals surface area contributed by atoms with Crippen LogP contribution in [-0.4, -0.2) is 58.9 Å². The summed E-state index contributed by atoms with van der Waals surface area (Å²) in [6, 6.07) is 5.06. The summed E-state index contributed by atoms with van der Waals surface area (Å²) in [5.41, 5.74) is 2.90. The van der Waals surface area contributed by atoms with Crippen molar-refractivity contribution in [3.63, 3.8) is 0 Å². The summed E-state index contributed by atoms with van der Waals surface area (Å²) < 4.78 is 0. The van der Waals surface area contributed by atoms with Crippen LogP contribution in [0, 0.1) is 19.8 Å². The highest BCUT2D eigenvalue weighted by Crippen LogP contribution is 2.29. The highest BCUT2D eigenvalue weighted by Gasteiger charge is 2.47. The molecule has 7 nitrogen and oxygen atoms in total. The van der Waals surface area contributed by atoms with Crippen LogP contribution >= 0.6 is 0 Å². The normalized spacial score (nSPS) is 23.9. The van der Waals surface area contributed by atoms with Gasteiger partial charge in [-0.25, -0.2) is 4.79 Å². The molecule has 29 heavy (non-hydrogen) atoms. The first-order valence-electron chi connectivity index (χ1n) is 10.4. The van der Waals surface area contributed by atoms with E-state index in [0.717, 1.165) is 16.8 Å². The maximum absolute atomic E-state index is 13.2. The van der Waals surface area contributed by atoms with Gasteiger partial charge in [-0.15, -0.1) is 0 Å². The minimum atomic E-state index is -0.479. The van der Waals surface area contributed by atoms with Gasteiger partial charge in [-0.1, -0.05) is 31.5 Å². The van der Waals surface area contributed by atoms with Gasteiger partial charge in [0, 0.05) is 31.7 Å². The number of amides is 4. The van der Waals surface area contributed by atoms with Crippen LogP contribution in [0.2, 0.25) is 0 Å². The number of nitrogens with zero attached hydrogens (tertiary/aromatic N) is 2. The molecule has 2 aliphatic heterocycles. The van der Waals surface area contributed by atoms with E-state index in [4.69, 9.17) is 0 Å². The molecule has 2 saturated heterocycles. The van der Waals surface area contributed by atoms with Crippen molar-refractivity contribution in [1.29, 1.82) is 0 Å². The molecule has 0 bridgehead atoms. The lowest BCUT2D eigenvalue weighted by molar-refractivity contribution is -0.142. The summed E-state index contributed by atoms with van der Waals surface area (Å²) in [7, 11) is 0. The SMILES string of the molecule is CC(=O)N[C@H]1C[C@H]2CN(C(=O)Nc3ccc(C)cc3C)[C@@H](CC(C)C)C(=O)N2C1. The molecule has 4 amide bonds. The number of carbonyl (C=O) groups excluding carboxylic acids is 3. The topological polar surface area (TPSA) is 81.8 Å². The van der Waals surface area contributed by atoms with Gasteiger partial charge in [-0.05, 0) is 44.2 Å². The summed E-state index contributed by atoms with van der Waals surface area (Å²) in [4.78, 5) is 41.4. The van der Waals surface area contributed by atoms with Gasteiger partial charge in [0.05, 0.1) is 6.04 Å². The quantitative estimate of drug-likeness (QED) is 0.815. The molecule has 0 aromatic heterocycles. The molecule has 1 aromatic rings. The van der Waals surface area contributed by atoms with E-state index in [-0.39, 0.29) is 35.8 Å². The van der Waals surface area contributed by atoms with Crippen LogP contribution < -0.4 is 10.6 Å². The fourth-order valence-corrected chi connectivity index (χ4v) is 4.47. The molecule has 2 fully saturated rings. The van der Waals surface area contributed by atoms with Crippen molar-refractivity contribution in [2.45, 2.75) is 65.6 Å². The molecule has 0 saturated carbocycles. The molecule has 2 aliphatic rings. The summed E-state index contributed by atoms with van der Waals surface area (Å²) in [5, 5.41) is 5.92. The van der Waals surface area contributed by atoms with Crippen molar-refractivity contribution >= 4 is 23.5 Å². The Balaban J connectivity index is 1.80. The number of fused-ring (bicyclic) bond motifs is 1. The van der Waals surface area contributed by atoms with Gasteiger partial charge in [0.25, 0.3) is 0 Å². The molecule has 2 heterocycles. The van der Waals surface area contributed by atoms with Crippen molar-refractivity contribution in [3.8, 4) is 0 Å². The zero-order chi connectivity index (χ0) is 21.3. The fourth-order valence-electron chi connectivity index (χ4n) is 4.47. The van der Waals surface area contributed by atoms with Crippen molar-refractivity contribution in [2.24, 2.45) is 5.92 Å². The Morgan fingerprint density at radius 3 is 2.55 bits per heavy atom. The van der Waals surface area contributed by atoms with Crippen LogP contribution in [0.1, 0.15) is 44.7 Å². The van der Waals surface area contributed by atoms with E-state index in [0.29, 0.717) is 25.9 Å². The van der Waals surface area contributed by atoms with Crippen molar-refractivity contribution in [3.05, 3.63) is 29.3 Å². The Kier molecular flexibility index (Phi) is 6.15. The lowest BCUT2D eigenvalue weighted by Crippen LogP contribution is -2.62. The smallest absolute Gasteiger partial charge is 0.322 e. The second kappa shape index (κ2) is 8.43. The molecule has 0 radical (unpaired) electrons. The second-order valence-electron chi connectivity index (χ2n) is 8.82. The summed E-state index contributed by atoms with van der Waals surface area (Å²) in [5.74, 6) is 0.176. The first kappa shape index (κ1) is 21.1. The van der Waals surface area contributed by atoms with E-state index in [1.165, 1.54) is 6.92 Å². The molecule has 0 aliphatic carbocycles. The number of aryl methyl sites for hydroxylation is 2. The summed E-state index contributed by atoms with van der Waals surface area (Å²) in [6.45, 7) is 10.6. The zero-order valence-electron chi connectivity index (χ0n) is 18.0. The Hall–Kier alpha value is -2.57. The van der Waals surface area contributed by atoms with E-state index in [2.05, 4.69) is 24.5 Å². The van der Waals surface area contributed by atoms with Crippen molar-refractivity contribution in [1.82, 2.24) is 15.1 Å². The van der Waals surface area contributed by atoms with Crippen molar-refractivity contribution in [2.75, 3.05) is 18.4 Å². The maximum Gasteiger partial charge on any atom is 0.322 e. The average Bonchev–Trinajstić information content (AvgIpc) is 3.01. The number of anilines is 1. The number of benzene rings is 1. The molecule has 3 atom stereocenters. The van der Waals surface area contributed by atoms with Crippen LogP contribution in [0.15, 0.2) is 18.2 Å². The molecular formula is C22H32N4O3. The van der Waals surface area contributed by atoms with Crippen LogP contribution in [0.4, 0.5) is 10.5 Å². The number of hydrogen-bond donors (Lipinski definition) is 2. The Morgan fingerprint density at radius 1 is 1.21 bits per heavy atom. The Bertz CT molecular complexity index is 807. The third-order valence-electron chi connectivity index (χ3n) is 5.75. The predicted molar refractivity (Wildman–Crippen MR) is 113 cm³/mol. The van der Waals surface area contributed by atoms with Gasteiger partial charge < -0.3 is 20.4 Å². The van der Waals surface area contributed by atoms with Crippen LogP contribution in [0.3, 0.4) is 0 Å². The highest BCUT2D eigenvalue weighted by molar-refractivity contribution is 5.95. The Morgan fingerprint density at radius 2 is 1.93 bits per heavy atom. The fraction of sp³-hybridized carbons (Fsp3) is 0.591. The molecule has 7 heteroatoms. The molecule has 3 rings (SSSR count).